The Labute approximate surface area is 195 Å². The highest BCUT2D eigenvalue weighted by Gasteiger charge is 2.39. The molecule has 2 aromatic rings. The smallest absolute Gasteiger partial charge is 0.240 e. The van der Waals surface area contributed by atoms with Gasteiger partial charge >= 0.3 is 0 Å². The molecule has 1 aromatic carbocycles. The van der Waals surface area contributed by atoms with E-state index in [9.17, 15) is 9.59 Å². The highest BCUT2D eigenvalue weighted by atomic mass is 32.1. The van der Waals surface area contributed by atoms with Gasteiger partial charge in [-0.3, -0.25) is 14.5 Å². The molecule has 1 saturated heterocycles. The van der Waals surface area contributed by atoms with Crippen molar-refractivity contribution >= 4 is 23.2 Å². The van der Waals surface area contributed by atoms with E-state index in [1.807, 2.05) is 22.4 Å². The van der Waals surface area contributed by atoms with Crippen molar-refractivity contribution in [3.05, 3.63) is 57.8 Å². The summed E-state index contributed by atoms with van der Waals surface area (Å²) in [6.45, 7) is 4.60. The van der Waals surface area contributed by atoms with Crippen LogP contribution in [0.3, 0.4) is 0 Å². The van der Waals surface area contributed by atoms with Gasteiger partial charge in [-0.05, 0) is 47.8 Å². The zero-order chi connectivity index (χ0) is 21.9. The monoisotopic (exact) mass is 451 g/mol. The molecule has 2 fully saturated rings. The number of thiophene rings is 1. The van der Waals surface area contributed by atoms with Crippen LogP contribution in [0.4, 0.5) is 0 Å². The summed E-state index contributed by atoms with van der Waals surface area (Å²) in [5.41, 5.74) is 2.67. The summed E-state index contributed by atoms with van der Waals surface area (Å²) in [5.74, 6) is 0.973. The van der Waals surface area contributed by atoms with Gasteiger partial charge in [0.2, 0.25) is 11.8 Å². The molecule has 5 nitrogen and oxygen atoms in total. The Bertz CT molecular complexity index is 930. The van der Waals surface area contributed by atoms with E-state index in [1.165, 1.54) is 24.0 Å². The van der Waals surface area contributed by atoms with Gasteiger partial charge in [-0.1, -0.05) is 43.2 Å². The molecule has 1 atom stereocenters. The normalized spacial score (nSPS) is 20.9. The van der Waals surface area contributed by atoms with Crippen molar-refractivity contribution in [2.24, 2.45) is 5.92 Å². The minimum atomic E-state index is -0.0303. The third-order valence-electron chi connectivity index (χ3n) is 7.51. The summed E-state index contributed by atoms with van der Waals surface area (Å²) >= 11 is 1.64. The quantitative estimate of drug-likeness (QED) is 0.698. The Hall–Kier alpha value is -2.18. The van der Waals surface area contributed by atoms with Crippen LogP contribution in [0.1, 0.15) is 41.7 Å². The SMILES string of the molecule is O=C(Cc1cccs1)N1CCN([C@H](C(=O)N2CCc3ccccc3C2)C2CCCC2)CC1. The summed E-state index contributed by atoms with van der Waals surface area (Å²) in [7, 11) is 0. The number of rotatable bonds is 5. The van der Waals surface area contributed by atoms with Crippen molar-refractivity contribution in [1.82, 2.24) is 14.7 Å². The number of hydrogen-bond donors (Lipinski definition) is 0. The molecule has 1 aromatic heterocycles. The lowest BCUT2D eigenvalue weighted by atomic mass is 9.92. The number of amides is 2. The van der Waals surface area contributed by atoms with Gasteiger partial charge in [0.05, 0.1) is 12.5 Å². The molecule has 0 radical (unpaired) electrons. The fraction of sp³-hybridized carbons (Fsp3) is 0.538. The number of piperazine rings is 1. The van der Waals surface area contributed by atoms with Crippen LogP contribution in [0.2, 0.25) is 0 Å². The van der Waals surface area contributed by atoms with Crippen molar-refractivity contribution < 1.29 is 9.59 Å². The highest BCUT2D eigenvalue weighted by molar-refractivity contribution is 7.10. The predicted octanol–water partition coefficient (Wildman–Crippen LogP) is 3.58. The van der Waals surface area contributed by atoms with E-state index in [0.29, 0.717) is 18.2 Å². The van der Waals surface area contributed by atoms with Crippen LogP contribution in [-0.4, -0.2) is 65.3 Å². The van der Waals surface area contributed by atoms with Crippen molar-refractivity contribution in [3.8, 4) is 0 Å². The summed E-state index contributed by atoms with van der Waals surface area (Å²) in [6, 6.07) is 12.5. The third-order valence-corrected chi connectivity index (χ3v) is 8.38. The molecule has 0 spiro atoms. The topological polar surface area (TPSA) is 43.9 Å². The number of carbonyl (C=O) groups is 2. The van der Waals surface area contributed by atoms with Gasteiger partial charge in [0.25, 0.3) is 0 Å². The molecule has 1 saturated carbocycles. The maximum absolute atomic E-state index is 13.8. The molecular formula is C26H33N3O2S. The highest BCUT2D eigenvalue weighted by Crippen LogP contribution is 2.33. The Morgan fingerprint density at radius 3 is 2.38 bits per heavy atom. The Morgan fingerprint density at radius 2 is 1.66 bits per heavy atom. The van der Waals surface area contributed by atoms with E-state index in [4.69, 9.17) is 0 Å². The summed E-state index contributed by atoms with van der Waals surface area (Å²) in [5, 5.41) is 2.03. The van der Waals surface area contributed by atoms with Crippen LogP contribution in [0.15, 0.2) is 41.8 Å². The van der Waals surface area contributed by atoms with Crippen molar-refractivity contribution in [3.63, 3.8) is 0 Å². The van der Waals surface area contributed by atoms with E-state index in [1.54, 1.807) is 11.3 Å². The zero-order valence-electron chi connectivity index (χ0n) is 18.7. The number of carbonyl (C=O) groups excluding carboxylic acids is 2. The van der Waals surface area contributed by atoms with Gasteiger partial charge in [0.1, 0.15) is 0 Å². The minimum Gasteiger partial charge on any atom is -0.340 e. The average Bonchev–Trinajstić information content (AvgIpc) is 3.54. The molecular weight excluding hydrogens is 418 g/mol. The maximum Gasteiger partial charge on any atom is 0.240 e. The lowest BCUT2D eigenvalue weighted by Crippen LogP contribution is -2.59. The van der Waals surface area contributed by atoms with Gasteiger partial charge in [-0.15, -0.1) is 11.3 Å². The van der Waals surface area contributed by atoms with Crippen molar-refractivity contribution in [2.75, 3.05) is 32.7 Å². The molecule has 0 bridgehead atoms. The molecule has 170 valence electrons. The lowest BCUT2D eigenvalue weighted by molar-refractivity contribution is -0.142. The van der Waals surface area contributed by atoms with E-state index < -0.39 is 0 Å². The van der Waals surface area contributed by atoms with Gasteiger partial charge in [-0.2, -0.15) is 0 Å². The van der Waals surface area contributed by atoms with Crippen LogP contribution < -0.4 is 0 Å². The molecule has 2 amide bonds. The van der Waals surface area contributed by atoms with E-state index >= 15 is 0 Å². The average molecular weight is 452 g/mol. The minimum absolute atomic E-state index is 0.0303. The first-order valence-electron chi connectivity index (χ1n) is 12.1. The Morgan fingerprint density at radius 1 is 0.906 bits per heavy atom. The van der Waals surface area contributed by atoms with Crippen LogP contribution in [0.25, 0.3) is 0 Å². The molecule has 3 heterocycles. The summed E-state index contributed by atoms with van der Waals surface area (Å²) < 4.78 is 0. The first-order chi connectivity index (χ1) is 15.7. The van der Waals surface area contributed by atoms with Crippen LogP contribution in [-0.2, 0) is 29.0 Å². The summed E-state index contributed by atoms with van der Waals surface area (Å²) in [6.07, 6.45) is 6.21. The Balaban J connectivity index is 1.25. The number of fused-ring (bicyclic) bond motifs is 1. The second kappa shape index (κ2) is 9.75. The van der Waals surface area contributed by atoms with E-state index in [2.05, 4.69) is 34.1 Å². The number of hydrogen-bond acceptors (Lipinski definition) is 4. The van der Waals surface area contributed by atoms with E-state index in [-0.39, 0.29) is 11.9 Å². The zero-order valence-corrected chi connectivity index (χ0v) is 19.6. The fourth-order valence-corrected chi connectivity index (χ4v) is 6.42. The predicted molar refractivity (Wildman–Crippen MR) is 127 cm³/mol. The second-order valence-electron chi connectivity index (χ2n) is 9.44. The summed E-state index contributed by atoms with van der Waals surface area (Å²) in [4.78, 5) is 34.2. The maximum atomic E-state index is 13.8. The molecule has 1 aliphatic carbocycles. The molecule has 32 heavy (non-hydrogen) atoms. The largest absolute Gasteiger partial charge is 0.340 e. The first-order valence-corrected chi connectivity index (χ1v) is 13.0. The lowest BCUT2D eigenvalue weighted by Gasteiger charge is -2.43. The Kier molecular flexibility index (Phi) is 6.60. The molecule has 0 unspecified atom stereocenters. The fourth-order valence-electron chi connectivity index (χ4n) is 5.72. The van der Waals surface area contributed by atoms with Crippen LogP contribution in [0.5, 0.6) is 0 Å². The van der Waals surface area contributed by atoms with Gasteiger partial charge in [0, 0.05) is 44.1 Å². The van der Waals surface area contributed by atoms with Crippen molar-refractivity contribution in [1.29, 1.82) is 0 Å². The molecule has 6 heteroatoms. The van der Waals surface area contributed by atoms with Crippen LogP contribution >= 0.6 is 11.3 Å². The molecule has 3 aliphatic rings. The number of nitrogens with zero attached hydrogens (tertiary/aromatic N) is 3. The first kappa shape index (κ1) is 21.7. The third kappa shape index (κ3) is 4.62. The standard InChI is InChI=1S/C26H33N3O2S/c30-24(18-23-10-5-17-32-23)27-13-15-28(16-14-27)25(21-7-2-3-8-21)26(31)29-12-11-20-6-1-4-9-22(20)19-29/h1,4-6,9-10,17,21,25H,2-3,7-8,11-16,18-19H2/t25-/m0/s1. The molecule has 2 aliphatic heterocycles. The second-order valence-corrected chi connectivity index (χ2v) is 10.5. The van der Waals surface area contributed by atoms with Gasteiger partial charge < -0.3 is 9.80 Å². The van der Waals surface area contributed by atoms with Gasteiger partial charge in [-0.25, -0.2) is 0 Å². The molecule has 0 N–H and O–H groups in total. The number of benzene rings is 1. The van der Waals surface area contributed by atoms with Crippen molar-refractivity contribution in [2.45, 2.75) is 51.1 Å². The molecule has 5 rings (SSSR count). The van der Waals surface area contributed by atoms with Gasteiger partial charge in [0.15, 0.2) is 0 Å². The van der Waals surface area contributed by atoms with Crippen LogP contribution in [0, 0.1) is 5.92 Å². The van der Waals surface area contributed by atoms with E-state index in [0.717, 1.165) is 63.4 Å².